The third-order valence-electron chi connectivity index (χ3n) is 4.57. The number of piperidine rings is 1. The lowest BCUT2D eigenvalue weighted by molar-refractivity contribution is -0.141. The Balaban J connectivity index is 1.75. The van der Waals surface area contributed by atoms with E-state index in [1.54, 1.807) is 0 Å². The van der Waals surface area contributed by atoms with Crippen molar-refractivity contribution in [1.29, 1.82) is 0 Å². The van der Waals surface area contributed by atoms with Gasteiger partial charge in [0.15, 0.2) is 0 Å². The summed E-state index contributed by atoms with van der Waals surface area (Å²) in [6.45, 7) is 1.57. The zero-order valence-electron chi connectivity index (χ0n) is 12.6. The van der Waals surface area contributed by atoms with E-state index in [0.717, 1.165) is 38.5 Å². The van der Waals surface area contributed by atoms with Crippen LogP contribution in [0.1, 0.15) is 51.4 Å². The number of ether oxygens (including phenoxy) is 1. The maximum atomic E-state index is 12.6. The Bertz CT molecular complexity index is 372. The molecule has 0 aromatic carbocycles. The van der Waals surface area contributed by atoms with Crippen molar-refractivity contribution in [3.63, 3.8) is 0 Å². The molecule has 2 rings (SSSR count). The molecule has 1 aliphatic carbocycles. The molecule has 0 aromatic rings. The Labute approximate surface area is 125 Å². The Hall–Kier alpha value is -1.14. The highest BCUT2D eigenvalue weighted by Crippen LogP contribution is 2.29. The van der Waals surface area contributed by atoms with Crippen LogP contribution in [0.25, 0.3) is 0 Å². The van der Waals surface area contributed by atoms with Gasteiger partial charge in [0.2, 0.25) is 5.91 Å². The maximum Gasteiger partial charge on any atom is 0.305 e. The minimum atomic E-state index is -0.843. The molecule has 120 valence electrons. The van der Waals surface area contributed by atoms with Crippen LogP contribution in [0.3, 0.4) is 0 Å². The molecule has 0 aromatic heterocycles. The van der Waals surface area contributed by atoms with Gasteiger partial charge >= 0.3 is 5.97 Å². The molecule has 0 radical (unpaired) electrons. The number of carbonyl (C=O) groups is 2. The summed E-state index contributed by atoms with van der Waals surface area (Å²) in [6, 6.07) is 0. The zero-order chi connectivity index (χ0) is 15.3. The van der Waals surface area contributed by atoms with Crippen LogP contribution in [0, 0.1) is 0 Å². The number of nitrogens with zero attached hydrogens (tertiary/aromatic N) is 1. The second-order valence-corrected chi connectivity index (χ2v) is 6.22. The number of rotatable bonds is 5. The number of aliphatic carboxylic acids is 1. The van der Waals surface area contributed by atoms with Gasteiger partial charge < -0.3 is 20.5 Å². The van der Waals surface area contributed by atoms with Gasteiger partial charge in [-0.15, -0.1) is 0 Å². The number of carbonyl (C=O) groups excluding carboxylic acids is 1. The Kier molecular flexibility index (Phi) is 5.58. The Morgan fingerprint density at radius 2 is 1.81 bits per heavy atom. The smallest absolute Gasteiger partial charge is 0.305 e. The summed E-state index contributed by atoms with van der Waals surface area (Å²) in [6.07, 6.45) is 6.46. The normalized spacial score (nSPS) is 23.0. The van der Waals surface area contributed by atoms with E-state index in [0.29, 0.717) is 13.1 Å². The summed E-state index contributed by atoms with van der Waals surface area (Å²) >= 11 is 0. The van der Waals surface area contributed by atoms with Crippen molar-refractivity contribution in [2.45, 2.75) is 63.0 Å². The zero-order valence-corrected chi connectivity index (χ0v) is 12.6. The summed E-state index contributed by atoms with van der Waals surface area (Å²) in [5.41, 5.74) is 5.64. The number of nitrogens with two attached hydrogens (primary N) is 1. The average molecular weight is 298 g/mol. The first kappa shape index (κ1) is 16.2. The van der Waals surface area contributed by atoms with Crippen molar-refractivity contribution in [1.82, 2.24) is 4.90 Å². The summed E-state index contributed by atoms with van der Waals surface area (Å²) in [5, 5.41) is 8.58. The largest absolute Gasteiger partial charge is 0.481 e. The number of amides is 1. The van der Waals surface area contributed by atoms with Gasteiger partial charge in [-0.3, -0.25) is 9.59 Å². The molecule has 6 nitrogen and oxygen atoms in total. The van der Waals surface area contributed by atoms with Crippen molar-refractivity contribution in [2.24, 2.45) is 5.73 Å². The molecule has 1 saturated carbocycles. The van der Waals surface area contributed by atoms with Gasteiger partial charge in [0, 0.05) is 13.1 Å². The molecule has 0 bridgehead atoms. The fraction of sp³-hybridized carbons (Fsp3) is 0.867. The van der Waals surface area contributed by atoms with Crippen molar-refractivity contribution in [3.8, 4) is 0 Å². The molecule has 0 unspecified atom stereocenters. The molecule has 3 N–H and O–H groups in total. The fourth-order valence-electron chi connectivity index (χ4n) is 3.25. The number of likely N-dealkylation sites (tertiary alicyclic amines) is 1. The van der Waals surface area contributed by atoms with Gasteiger partial charge in [0.25, 0.3) is 0 Å². The van der Waals surface area contributed by atoms with E-state index in [4.69, 9.17) is 15.6 Å². The van der Waals surface area contributed by atoms with E-state index in [1.807, 2.05) is 4.90 Å². The van der Waals surface area contributed by atoms with Gasteiger partial charge in [0.05, 0.1) is 24.7 Å². The molecular weight excluding hydrogens is 272 g/mol. The summed E-state index contributed by atoms with van der Waals surface area (Å²) < 4.78 is 5.54. The van der Waals surface area contributed by atoms with Crippen molar-refractivity contribution in [3.05, 3.63) is 0 Å². The van der Waals surface area contributed by atoms with Crippen LogP contribution < -0.4 is 5.73 Å². The number of hydrogen-bond donors (Lipinski definition) is 2. The minimum absolute atomic E-state index is 0.0328. The van der Waals surface area contributed by atoms with Crippen LogP contribution in [0.15, 0.2) is 0 Å². The van der Waals surface area contributed by atoms with Gasteiger partial charge in [-0.2, -0.15) is 0 Å². The number of carboxylic acid groups (broad SMARTS) is 1. The lowest BCUT2D eigenvalue weighted by Gasteiger charge is -2.39. The molecule has 1 amide bonds. The van der Waals surface area contributed by atoms with Gasteiger partial charge in [0.1, 0.15) is 0 Å². The highest BCUT2D eigenvalue weighted by atomic mass is 16.5. The standard InChI is InChI=1S/C15H26N2O4/c16-15(7-2-1-3-8-15)14(20)17-9-4-12(5-10-17)21-11-6-13(18)19/h12H,1-11,16H2,(H,18,19). The predicted molar refractivity (Wildman–Crippen MR) is 77.8 cm³/mol. The lowest BCUT2D eigenvalue weighted by Crippen LogP contribution is -2.58. The first-order chi connectivity index (χ1) is 10.0. The topological polar surface area (TPSA) is 92.9 Å². The summed E-state index contributed by atoms with van der Waals surface area (Å²) in [5.74, 6) is -0.754. The van der Waals surface area contributed by atoms with Gasteiger partial charge in [-0.25, -0.2) is 0 Å². The van der Waals surface area contributed by atoms with Crippen LogP contribution in [0.5, 0.6) is 0 Å². The van der Waals surface area contributed by atoms with Crippen LogP contribution in [0.2, 0.25) is 0 Å². The quantitative estimate of drug-likeness (QED) is 0.793. The van der Waals surface area contributed by atoms with Crippen molar-refractivity contribution in [2.75, 3.05) is 19.7 Å². The van der Waals surface area contributed by atoms with E-state index < -0.39 is 11.5 Å². The third-order valence-corrected chi connectivity index (χ3v) is 4.57. The second kappa shape index (κ2) is 7.22. The molecule has 21 heavy (non-hydrogen) atoms. The molecule has 2 fully saturated rings. The molecule has 1 aliphatic heterocycles. The van der Waals surface area contributed by atoms with E-state index in [1.165, 1.54) is 6.42 Å². The molecule has 6 heteroatoms. The van der Waals surface area contributed by atoms with E-state index in [9.17, 15) is 9.59 Å². The van der Waals surface area contributed by atoms with Gasteiger partial charge in [-0.1, -0.05) is 19.3 Å². The number of carboxylic acids is 1. The maximum absolute atomic E-state index is 12.6. The Morgan fingerprint density at radius 1 is 1.19 bits per heavy atom. The van der Waals surface area contributed by atoms with Crippen LogP contribution in [0.4, 0.5) is 0 Å². The Morgan fingerprint density at radius 3 is 2.38 bits per heavy atom. The second-order valence-electron chi connectivity index (χ2n) is 6.22. The van der Waals surface area contributed by atoms with Crippen molar-refractivity contribution >= 4 is 11.9 Å². The molecular formula is C15H26N2O4. The first-order valence-electron chi connectivity index (χ1n) is 7.93. The first-order valence-corrected chi connectivity index (χ1v) is 7.93. The molecule has 1 saturated heterocycles. The minimum Gasteiger partial charge on any atom is -0.481 e. The average Bonchev–Trinajstić information content (AvgIpc) is 2.48. The van der Waals surface area contributed by atoms with E-state index in [2.05, 4.69) is 0 Å². The summed E-state index contributed by atoms with van der Waals surface area (Å²) in [4.78, 5) is 24.9. The fourth-order valence-corrected chi connectivity index (χ4v) is 3.25. The number of hydrogen-bond acceptors (Lipinski definition) is 4. The third kappa shape index (κ3) is 4.41. The predicted octanol–water partition coefficient (Wildman–Crippen LogP) is 1.13. The van der Waals surface area contributed by atoms with E-state index in [-0.39, 0.29) is 25.0 Å². The van der Waals surface area contributed by atoms with Crippen LogP contribution in [-0.2, 0) is 14.3 Å². The van der Waals surface area contributed by atoms with Crippen LogP contribution >= 0.6 is 0 Å². The highest BCUT2D eigenvalue weighted by Gasteiger charge is 2.39. The summed E-state index contributed by atoms with van der Waals surface area (Å²) in [7, 11) is 0. The SMILES string of the molecule is NC1(C(=O)N2CCC(OCCC(=O)O)CC2)CCCCC1. The van der Waals surface area contributed by atoms with E-state index >= 15 is 0 Å². The lowest BCUT2D eigenvalue weighted by atomic mass is 9.81. The molecule has 0 atom stereocenters. The highest BCUT2D eigenvalue weighted by molar-refractivity contribution is 5.86. The van der Waals surface area contributed by atoms with Crippen LogP contribution in [-0.4, -0.2) is 53.2 Å². The molecule has 2 aliphatic rings. The molecule has 1 heterocycles. The molecule has 0 spiro atoms. The van der Waals surface area contributed by atoms with Gasteiger partial charge in [-0.05, 0) is 25.7 Å². The van der Waals surface area contributed by atoms with Crippen molar-refractivity contribution < 1.29 is 19.4 Å². The monoisotopic (exact) mass is 298 g/mol.